The van der Waals surface area contributed by atoms with Crippen LogP contribution < -0.4 is 10.1 Å². The number of carbonyl (C=O) groups excluding carboxylic acids is 1. The van der Waals surface area contributed by atoms with Crippen LogP contribution in [0.15, 0.2) is 48.5 Å². The molecular weight excluding hydrogens is 262 g/mol. The first kappa shape index (κ1) is 15.1. The van der Waals surface area contributed by atoms with E-state index in [4.69, 9.17) is 4.74 Å². The number of hydrogen-bond acceptors (Lipinski definition) is 2. The van der Waals surface area contributed by atoms with Crippen molar-refractivity contribution in [1.82, 2.24) is 0 Å². The summed E-state index contributed by atoms with van der Waals surface area (Å²) in [6, 6.07) is 15.0. The molecule has 2 aromatic rings. The molecule has 2 aromatic carbocycles. The summed E-state index contributed by atoms with van der Waals surface area (Å²) in [5.41, 5.74) is 2.49. The predicted octanol–water partition coefficient (Wildman–Crippen LogP) is 4.28. The number of ether oxygens (including phenoxy) is 1. The van der Waals surface area contributed by atoms with E-state index in [1.54, 1.807) is 0 Å². The maximum Gasteiger partial charge on any atom is 0.255 e. The zero-order chi connectivity index (χ0) is 15.2. The quantitative estimate of drug-likeness (QED) is 0.889. The second-order valence-electron chi connectivity index (χ2n) is 5.55. The van der Waals surface area contributed by atoms with Crippen LogP contribution in [0.4, 0.5) is 5.69 Å². The summed E-state index contributed by atoms with van der Waals surface area (Å²) in [4.78, 5) is 12.1. The summed E-state index contributed by atoms with van der Waals surface area (Å²) in [5.74, 6) is 1.21. The Hall–Kier alpha value is -2.29. The summed E-state index contributed by atoms with van der Waals surface area (Å²) in [6.45, 7) is 6.87. The van der Waals surface area contributed by atoms with Crippen molar-refractivity contribution in [3.05, 3.63) is 59.7 Å². The lowest BCUT2D eigenvalue weighted by Gasteiger charge is -2.10. The van der Waals surface area contributed by atoms with Gasteiger partial charge in [0.25, 0.3) is 5.91 Å². The van der Waals surface area contributed by atoms with Crippen LogP contribution in [0.1, 0.15) is 29.8 Å². The minimum absolute atomic E-state index is 0.102. The fraction of sp³-hybridized carbons (Fsp3) is 0.278. The molecule has 0 spiro atoms. The van der Waals surface area contributed by atoms with Crippen LogP contribution in [0, 0.1) is 12.8 Å². The number of benzene rings is 2. The molecule has 0 aliphatic rings. The first-order valence-electron chi connectivity index (χ1n) is 7.15. The standard InChI is InChI=1S/C18H21NO2/c1-13(2)12-21-17-9-7-16(8-10-17)19-18(20)15-6-4-5-14(3)11-15/h4-11,13H,12H2,1-3H3,(H,19,20). The Bertz CT molecular complexity index is 603. The smallest absolute Gasteiger partial charge is 0.255 e. The molecule has 0 aliphatic carbocycles. The molecule has 0 saturated carbocycles. The van der Waals surface area contributed by atoms with Gasteiger partial charge >= 0.3 is 0 Å². The van der Waals surface area contributed by atoms with Gasteiger partial charge in [0, 0.05) is 11.3 Å². The van der Waals surface area contributed by atoms with Gasteiger partial charge in [-0.25, -0.2) is 0 Å². The van der Waals surface area contributed by atoms with Crippen molar-refractivity contribution in [1.29, 1.82) is 0 Å². The zero-order valence-electron chi connectivity index (χ0n) is 12.7. The van der Waals surface area contributed by atoms with Gasteiger partial charge in [0.1, 0.15) is 5.75 Å². The van der Waals surface area contributed by atoms with E-state index >= 15 is 0 Å². The van der Waals surface area contributed by atoms with Crippen LogP contribution in [0.3, 0.4) is 0 Å². The number of nitrogens with one attached hydrogen (secondary N) is 1. The Kier molecular flexibility index (Phi) is 4.99. The third kappa shape index (κ3) is 4.63. The van der Waals surface area contributed by atoms with Gasteiger partial charge in [0.2, 0.25) is 0 Å². The zero-order valence-corrected chi connectivity index (χ0v) is 12.7. The number of aryl methyl sites for hydroxylation is 1. The van der Waals surface area contributed by atoms with Crippen molar-refractivity contribution < 1.29 is 9.53 Å². The summed E-state index contributed by atoms with van der Waals surface area (Å²) in [5, 5.41) is 2.88. The molecule has 0 bridgehead atoms. The molecule has 3 heteroatoms. The van der Waals surface area contributed by atoms with Crippen molar-refractivity contribution in [2.45, 2.75) is 20.8 Å². The highest BCUT2D eigenvalue weighted by Gasteiger charge is 2.06. The SMILES string of the molecule is Cc1cccc(C(=O)Nc2ccc(OCC(C)C)cc2)c1. The molecule has 110 valence electrons. The maximum absolute atomic E-state index is 12.1. The van der Waals surface area contributed by atoms with Crippen LogP contribution in [-0.4, -0.2) is 12.5 Å². The third-order valence-corrected chi connectivity index (χ3v) is 2.98. The number of amides is 1. The average Bonchev–Trinajstić information content (AvgIpc) is 2.46. The molecule has 2 rings (SSSR count). The van der Waals surface area contributed by atoms with Crippen molar-refractivity contribution in [2.24, 2.45) is 5.92 Å². The molecule has 0 aliphatic heterocycles. The number of hydrogen-bond donors (Lipinski definition) is 1. The Morgan fingerprint density at radius 3 is 2.48 bits per heavy atom. The highest BCUT2D eigenvalue weighted by atomic mass is 16.5. The molecule has 0 radical (unpaired) electrons. The van der Waals surface area contributed by atoms with Gasteiger partial charge in [0.15, 0.2) is 0 Å². The third-order valence-electron chi connectivity index (χ3n) is 2.98. The topological polar surface area (TPSA) is 38.3 Å². The van der Waals surface area contributed by atoms with E-state index in [1.807, 2.05) is 55.5 Å². The van der Waals surface area contributed by atoms with E-state index in [9.17, 15) is 4.79 Å². The Morgan fingerprint density at radius 2 is 1.86 bits per heavy atom. The maximum atomic E-state index is 12.1. The van der Waals surface area contributed by atoms with Gasteiger partial charge < -0.3 is 10.1 Å². The van der Waals surface area contributed by atoms with Crippen LogP contribution >= 0.6 is 0 Å². The van der Waals surface area contributed by atoms with Gasteiger partial charge in [0.05, 0.1) is 6.61 Å². The molecule has 1 amide bonds. The fourth-order valence-corrected chi connectivity index (χ4v) is 1.89. The van der Waals surface area contributed by atoms with E-state index in [0.29, 0.717) is 18.1 Å². The van der Waals surface area contributed by atoms with Crippen LogP contribution in [0.25, 0.3) is 0 Å². The van der Waals surface area contributed by atoms with Crippen molar-refractivity contribution in [3.63, 3.8) is 0 Å². The molecule has 0 unspecified atom stereocenters. The Labute approximate surface area is 126 Å². The van der Waals surface area contributed by atoms with E-state index in [1.165, 1.54) is 0 Å². The summed E-state index contributed by atoms with van der Waals surface area (Å²) in [7, 11) is 0. The molecule has 0 atom stereocenters. The van der Waals surface area contributed by atoms with Crippen LogP contribution in [0.2, 0.25) is 0 Å². The van der Waals surface area contributed by atoms with E-state index < -0.39 is 0 Å². The van der Waals surface area contributed by atoms with Crippen LogP contribution in [-0.2, 0) is 0 Å². The van der Waals surface area contributed by atoms with Crippen molar-refractivity contribution >= 4 is 11.6 Å². The first-order chi connectivity index (χ1) is 10.0. The summed E-state index contributed by atoms with van der Waals surface area (Å²) < 4.78 is 5.62. The van der Waals surface area contributed by atoms with E-state index in [0.717, 1.165) is 17.0 Å². The van der Waals surface area contributed by atoms with E-state index in [-0.39, 0.29) is 5.91 Å². The Balaban J connectivity index is 1.98. The van der Waals surface area contributed by atoms with Gasteiger partial charge in [-0.2, -0.15) is 0 Å². The lowest BCUT2D eigenvalue weighted by Crippen LogP contribution is -2.12. The Morgan fingerprint density at radius 1 is 1.14 bits per heavy atom. The molecular formula is C18H21NO2. The molecule has 0 fully saturated rings. The minimum Gasteiger partial charge on any atom is -0.493 e. The first-order valence-corrected chi connectivity index (χ1v) is 7.15. The molecule has 3 nitrogen and oxygen atoms in total. The van der Waals surface area contributed by atoms with Gasteiger partial charge in [-0.15, -0.1) is 0 Å². The highest BCUT2D eigenvalue weighted by molar-refractivity contribution is 6.04. The minimum atomic E-state index is -0.102. The highest BCUT2D eigenvalue weighted by Crippen LogP contribution is 2.17. The summed E-state index contributed by atoms with van der Waals surface area (Å²) in [6.07, 6.45) is 0. The molecule has 1 N–H and O–H groups in total. The second-order valence-corrected chi connectivity index (χ2v) is 5.55. The normalized spacial score (nSPS) is 10.5. The largest absolute Gasteiger partial charge is 0.493 e. The molecule has 0 saturated heterocycles. The monoisotopic (exact) mass is 283 g/mol. The summed E-state index contributed by atoms with van der Waals surface area (Å²) >= 11 is 0. The fourth-order valence-electron chi connectivity index (χ4n) is 1.89. The number of carbonyl (C=O) groups is 1. The van der Waals surface area contributed by atoms with Crippen molar-refractivity contribution in [3.8, 4) is 5.75 Å². The molecule has 21 heavy (non-hydrogen) atoms. The molecule has 0 aromatic heterocycles. The second kappa shape index (κ2) is 6.93. The number of rotatable bonds is 5. The lowest BCUT2D eigenvalue weighted by atomic mass is 10.1. The predicted molar refractivity (Wildman–Crippen MR) is 85.9 cm³/mol. The average molecular weight is 283 g/mol. The molecule has 0 heterocycles. The number of anilines is 1. The van der Waals surface area contributed by atoms with Gasteiger partial charge in [-0.05, 0) is 49.2 Å². The lowest BCUT2D eigenvalue weighted by molar-refractivity contribution is 0.102. The van der Waals surface area contributed by atoms with Crippen molar-refractivity contribution in [2.75, 3.05) is 11.9 Å². The van der Waals surface area contributed by atoms with Gasteiger partial charge in [-0.3, -0.25) is 4.79 Å². The van der Waals surface area contributed by atoms with Gasteiger partial charge in [-0.1, -0.05) is 31.5 Å². The van der Waals surface area contributed by atoms with E-state index in [2.05, 4.69) is 19.2 Å². The van der Waals surface area contributed by atoms with Crippen LogP contribution in [0.5, 0.6) is 5.75 Å².